The molecule has 0 aliphatic rings. The summed E-state index contributed by atoms with van der Waals surface area (Å²) in [5.41, 5.74) is 0.837. The van der Waals surface area contributed by atoms with Crippen LogP contribution < -0.4 is 9.47 Å². The first-order chi connectivity index (χ1) is 12.0. The SMILES string of the molecule is COc1ccccc1C(=O)COC(=O)[C@@H](C)Oc1ccc(C#N)cc1. The number of nitrogens with zero attached hydrogens (tertiary/aromatic N) is 1. The maximum Gasteiger partial charge on any atom is 0.347 e. The van der Waals surface area contributed by atoms with E-state index < -0.39 is 18.7 Å². The number of rotatable bonds is 7. The maximum atomic E-state index is 12.2. The summed E-state index contributed by atoms with van der Waals surface area (Å²) in [6.45, 7) is 1.12. The van der Waals surface area contributed by atoms with Gasteiger partial charge in [0.25, 0.3) is 0 Å². The van der Waals surface area contributed by atoms with Crippen LogP contribution in [-0.2, 0) is 9.53 Å². The molecule has 0 N–H and O–H groups in total. The minimum atomic E-state index is -0.890. The van der Waals surface area contributed by atoms with Crippen molar-refractivity contribution in [3.05, 3.63) is 59.7 Å². The van der Waals surface area contributed by atoms with E-state index in [1.807, 2.05) is 6.07 Å². The number of para-hydroxylation sites is 1. The zero-order valence-corrected chi connectivity index (χ0v) is 13.9. The van der Waals surface area contributed by atoms with Gasteiger partial charge in [-0.3, -0.25) is 4.79 Å². The zero-order valence-electron chi connectivity index (χ0n) is 13.9. The normalized spacial score (nSPS) is 11.1. The van der Waals surface area contributed by atoms with Crippen LogP contribution in [-0.4, -0.2) is 31.6 Å². The molecular formula is C19H17NO5. The summed E-state index contributed by atoms with van der Waals surface area (Å²) in [7, 11) is 1.46. The Kier molecular flexibility index (Phi) is 6.13. The van der Waals surface area contributed by atoms with E-state index in [4.69, 9.17) is 19.5 Å². The third kappa shape index (κ3) is 4.82. The highest BCUT2D eigenvalue weighted by Crippen LogP contribution is 2.18. The minimum Gasteiger partial charge on any atom is -0.496 e. The fourth-order valence-corrected chi connectivity index (χ4v) is 2.07. The van der Waals surface area contributed by atoms with Gasteiger partial charge in [0, 0.05) is 0 Å². The number of benzene rings is 2. The van der Waals surface area contributed by atoms with Gasteiger partial charge in [0.05, 0.1) is 24.3 Å². The van der Waals surface area contributed by atoms with Crippen molar-refractivity contribution in [3.63, 3.8) is 0 Å². The number of carbonyl (C=O) groups excluding carboxylic acids is 2. The number of ether oxygens (including phenoxy) is 3. The number of esters is 1. The standard InChI is InChI=1S/C19H17NO5/c1-13(25-15-9-7-14(11-20)8-10-15)19(22)24-12-17(21)16-5-3-4-6-18(16)23-2/h3-10,13H,12H2,1-2H3/t13-/m1/s1. The van der Waals surface area contributed by atoms with Gasteiger partial charge in [0.15, 0.2) is 12.7 Å². The molecule has 2 aromatic carbocycles. The molecule has 0 radical (unpaired) electrons. The van der Waals surface area contributed by atoms with Crippen LogP contribution in [0.1, 0.15) is 22.8 Å². The number of ketones is 1. The molecule has 0 aliphatic carbocycles. The van der Waals surface area contributed by atoms with E-state index in [0.29, 0.717) is 22.6 Å². The molecule has 1 atom stereocenters. The van der Waals surface area contributed by atoms with Crippen LogP contribution in [0.15, 0.2) is 48.5 Å². The minimum absolute atomic E-state index is 0.346. The molecule has 2 aromatic rings. The van der Waals surface area contributed by atoms with Crippen molar-refractivity contribution in [2.75, 3.05) is 13.7 Å². The molecule has 6 nitrogen and oxygen atoms in total. The topological polar surface area (TPSA) is 85.6 Å². The first kappa shape index (κ1) is 18.0. The Balaban J connectivity index is 1.90. The molecule has 6 heteroatoms. The Morgan fingerprint density at radius 3 is 2.44 bits per heavy atom. The predicted molar refractivity (Wildman–Crippen MR) is 89.5 cm³/mol. The van der Waals surface area contributed by atoms with Crippen molar-refractivity contribution in [1.82, 2.24) is 0 Å². The first-order valence-electron chi connectivity index (χ1n) is 7.55. The largest absolute Gasteiger partial charge is 0.496 e. The van der Waals surface area contributed by atoms with Gasteiger partial charge in [-0.15, -0.1) is 0 Å². The molecule has 0 unspecified atom stereocenters. The van der Waals surface area contributed by atoms with E-state index in [2.05, 4.69) is 0 Å². The number of hydrogen-bond acceptors (Lipinski definition) is 6. The Bertz CT molecular complexity index is 792. The lowest BCUT2D eigenvalue weighted by Crippen LogP contribution is -2.28. The molecular weight excluding hydrogens is 322 g/mol. The van der Waals surface area contributed by atoms with Gasteiger partial charge in [-0.25, -0.2) is 4.79 Å². The lowest BCUT2D eigenvalue weighted by Gasteiger charge is -2.14. The van der Waals surface area contributed by atoms with Crippen molar-refractivity contribution in [2.45, 2.75) is 13.0 Å². The third-order valence-electron chi connectivity index (χ3n) is 3.38. The summed E-state index contributed by atoms with van der Waals surface area (Å²) in [5.74, 6) is -0.172. The van der Waals surface area contributed by atoms with Crippen LogP contribution in [0.4, 0.5) is 0 Å². The highest BCUT2D eigenvalue weighted by atomic mass is 16.6. The summed E-state index contributed by atoms with van der Waals surface area (Å²) < 4.78 is 15.6. The third-order valence-corrected chi connectivity index (χ3v) is 3.38. The number of methoxy groups -OCH3 is 1. The number of nitriles is 1. The molecule has 0 bridgehead atoms. The molecule has 0 aromatic heterocycles. The van der Waals surface area contributed by atoms with E-state index >= 15 is 0 Å². The highest BCUT2D eigenvalue weighted by molar-refractivity contribution is 6.00. The van der Waals surface area contributed by atoms with E-state index in [1.165, 1.54) is 14.0 Å². The lowest BCUT2D eigenvalue weighted by molar-refractivity contribution is -0.149. The van der Waals surface area contributed by atoms with Crippen LogP contribution in [0, 0.1) is 11.3 Å². The van der Waals surface area contributed by atoms with Crippen molar-refractivity contribution in [3.8, 4) is 17.6 Å². The van der Waals surface area contributed by atoms with Crippen molar-refractivity contribution in [2.24, 2.45) is 0 Å². The lowest BCUT2D eigenvalue weighted by atomic mass is 10.1. The maximum absolute atomic E-state index is 12.2. The van der Waals surface area contributed by atoms with Gasteiger partial charge < -0.3 is 14.2 Å². The smallest absolute Gasteiger partial charge is 0.347 e. The van der Waals surface area contributed by atoms with Gasteiger partial charge in [0.1, 0.15) is 11.5 Å². The fourth-order valence-electron chi connectivity index (χ4n) is 2.07. The summed E-state index contributed by atoms with van der Waals surface area (Å²) in [6, 6.07) is 15.0. The second kappa shape index (κ2) is 8.50. The van der Waals surface area contributed by atoms with Gasteiger partial charge in [-0.2, -0.15) is 5.26 Å². The van der Waals surface area contributed by atoms with Gasteiger partial charge in [0.2, 0.25) is 5.78 Å². The molecule has 25 heavy (non-hydrogen) atoms. The van der Waals surface area contributed by atoms with E-state index in [-0.39, 0.29) is 5.78 Å². The highest BCUT2D eigenvalue weighted by Gasteiger charge is 2.19. The Hall–Kier alpha value is -3.33. The Morgan fingerprint density at radius 1 is 1.12 bits per heavy atom. The molecule has 2 rings (SSSR count). The molecule has 128 valence electrons. The molecule has 0 spiro atoms. The second-order valence-electron chi connectivity index (χ2n) is 5.13. The molecule has 0 fully saturated rings. The zero-order chi connectivity index (χ0) is 18.2. The van der Waals surface area contributed by atoms with Crippen LogP contribution >= 0.6 is 0 Å². The van der Waals surface area contributed by atoms with E-state index in [0.717, 1.165) is 0 Å². The van der Waals surface area contributed by atoms with Gasteiger partial charge in [-0.1, -0.05) is 12.1 Å². The number of carbonyl (C=O) groups is 2. The fraction of sp³-hybridized carbons (Fsp3) is 0.211. The molecule has 0 saturated heterocycles. The first-order valence-corrected chi connectivity index (χ1v) is 7.55. The Morgan fingerprint density at radius 2 is 1.80 bits per heavy atom. The van der Waals surface area contributed by atoms with Gasteiger partial charge in [-0.05, 0) is 43.3 Å². The number of hydrogen-bond donors (Lipinski definition) is 0. The molecule has 0 heterocycles. The average molecular weight is 339 g/mol. The summed E-state index contributed by atoms with van der Waals surface area (Å²) in [5, 5.41) is 8.75. The summed E-state index contributed by atoms with van der Waals surface area (Å²) in [6.07, 6.45) is -0.890. The van der Waals surface area contributed by atoms with E-state index in [1.54, 1.807) is 48.5 Å². The van der Waals surface area contributed by atoms with Gasteiger partial charge >= 0.3 is 5.97 Å². The molecule has 0 saturated carbocycles. The summed E-state index contributed by atoms with van der Waals surface area (Å²) >= 11 is 0. The van der Waals surface area contributed by atoms with Crippen LogP contribution in [0.5, 0.6) is 11.5 Å². The number of Topliss-reactive ketones (excluding diaryl/α,β-unsaturated/α-hetero) is 1. The van der Waals surface area contributed by atoms with Crippen LogP contribution in [0.2, 0.25) is 0 Å². The monoisotopic (exact) mass is 339 g/mol. The van der Waals surface area contributed by atoms with Crippen molar-refractivity contribution >= 4 is 11.8 Å². The van der Waals surface area contributed by atoms with Crippen molar-refractivity contribution in [1.29, 1.82) is 5.26 Å². The van der Waals surface area contributed by atoms with E-state index in [9.17, 15) is 9.59 Å². The molecule has 0 amide bonds. The molecule has 0 aliphatic heterocycles. The second-order valence-corrected chi connectivity index (χ2v) is 5.13. The van der Waals surface area contributed by atoms with Crippen LogP contribution in [0.25, 0.3) is 0 Å². The quantitative estimate of drug-likeness (QED) is 0.569. The summed E-state index contributed by atoms with van der Waals surface area (Å²) in [4.78, 5) is 24.1. The van der Waals surface area contributed by atoms with Crippen molar-refractivity contribution < 1.29 is 23.8 Å². The average Bonchev–Trinajstić information content (AvgIpc) is 2.66. The Labute approximate surface area is 145 Å². The van der Waals surface area contributed by atoms with Crippen LogP contribution in [0.3, 0.4) is 0 Å². The predicted octanol–water partition coefficient (Wildman–Crippen LogP) is 2.76.